The summed E-state index contributed by atoms with van der Waals surface area (Å²) in [5.74, 6) is -1.94. The number of hydrogen-bond acceptors (Lipinski definition) is 6. The van der Waals surface area contributed by atoms with Crippen molar-refractivity contribution in [3.63, 3.8) is 0 Å². The predicted octanol–water partition coefficient (Wildman–Crippen LogP) is -2.20. The van der Waals surface area contributed by atoms with Gasteiger partial charge in [0.05, 0.1) is 23.0 Å². The van der Waals surface area contributed by atoms with Crippen molar-refractivity contribution in [1.29, 1.82) is 0 Å². The second-order valence-electron chi connectivity index (χ2n) is 9.63. The van der Waals surface area contributed by atoms with Gasteiger partial charge < -0.3 is 36.5 Å². The molecule has 9 heteroatoms. The lowest BCUT2D eigenvalue weighted by Gasteiger charge is -2.64. The molecule has 1 saturated heterocycles. The van der Waals surface area contributed by atoms with E-state index < -0.39 is 34.6 Å². The number of carbonyl (C=O) groups excluding carboxylic acids is 2. The van der Waals surface area contributed by atoms with Crippen molar-refractivity contribution in [2.24, 2.45) is 40.9 Å². The second kappa shape index (κ2) is 6.45. The summed E-state index contributed by atoms with van der Waals surface area (Å²) in [5, 5.41) is 31.7. The molecule has 1 aliphatic heterocycles. The lowest BCUT2D eigenvalue weighted by atomic mass is 9.39. The van der Waals surface area contributed by atoms with E-state index in [1.54, 1.807) is 6.92 Å². The van der Waals surface area contributed by atoms with Crippen molar-refractivity contribution in [3.8, 4) is 0 Å². The van der Waals surface area contributed by atoms with Crippen LogP contribution in [-0.2, 0) is 14.3 Å². The highest BCUT2D eigenvalue weighted by Gasteiger charge is 2.83. The lowest BCUT2D eigenvalue weighted by molar-refractivity contribution is -0.242. The van der Waals surface area contributed by atoms with Crippen LogP contribution < -0.4 is 0 Å². The molecule has 9 nitrogen and oxygen atoms in total. The summed E-state index contributed by atoms with van der Waals surface area (Å²) in [5.41, 5.74) is -2.93. The second-order valence-corrected chi connectivity index (χ2v) is 9.63. The molecule has 0 bridgehead atoms. The van der Waals surface area contributed by atoms with E-state index in [1.807, 2.05) is 6.92 Å². The van der Waals surface area contributed by atoms with E-state index in [0.717, 1.165) is 0 Å². The first-order valence-electron chi connectivity index (χ1n) is 9.46. The van der Waals surface area contributed by atoms with Gasteiger partial charge in [0.1, 0.15) is 11.9 Å². The first-order chi connectivity index (χ1) is 11.7. The van der Waals surface area contributed by atoms with Crippen LogP contribution >= 0.6 is 0 Å². The van der Waals surface area contributed by atoms with E-state index in [0.29, 0.717) is 25.7 Å². The minimum atomic E-state index is -1.14. The maximum atomic E-state index is 13.2. The van der Waals surface area contributed by atoms with Gasteiger partial charge in [0.25, 0.3) is 0 Å². The number of aliphatic hydroxyl groups is 3. The van der Waals surface area contributed by atoms with Gasteiger partial charge in [-0.2, -0.15) is 0 Å². The maximum absolute atomic E-state index is 13.2. The monoisotopic (exact) mass is 404 g/mol. The number of rotatable bonds is 2. The lowest BCUT2D eigenvalue weighted by Crippen LogP contribution is -2.72. The van der Waals surface area contributed by atoms with Crippen LogP contribution in [0.3, 0.4) is 0 Å². The van der Waals surface area contributed by atoms with E-state index in [1.165, 1.54) is 0 Å². The molecule has 0 aromatic carbocycles. The topological polar surface area (TPSA) is 199 Å². The van der Waals surface area contributed by atoms with Crippen molar-refractivity contribution in [2.75, 3.05) is 6.61 Å². The minimum absolute atomic E-state index is 0. The van der Waals surface area contributed by atoms with Crippen LogP contribution in [0.4, 0.5) is 0 Å². The Morgan fingerprint density at radius 3 is 2.32 bits per heavy atom. The van der Waals surface area contributed by atoms with E-state index >= 15 is 0 Å². The zero-order valence-corrected chi connectivity index (χ0v) is 16.1. The number of aliphatic hydroxyl groups excluding tert-OH is 1. The number of ether oxygens (including phenoxy) is 1. The summed E-state index contributed by atoms with van der Waals surface area (Å²) >= 11 is 0. The van der Waals surface area contributed by atoms with Gasteiger partial charge in [0, 0.05) is 30.3 Å². The van der Waals surface area contributed by atoms with Crippen LogP contribution in [0.25, 0.3) is 0 Å². The van der Waals surface area contributed by atoms with Crippen LogP contribution in [0.5, 0.6) is 0 Å². The molecule has 4 aliphatic carbocycles. The molecular formula is C19H32O9. The van der Waals surface area contributed by atoms with Crippen LogP contribution in [0.15, 0.2) is 0 Å². The highest BCUT2D eigenvalue weighted by atomic mass is 16.6. The average Bonchev–Trinajstić information content (AvgIpc) is 3.03. The Morgan fingerprint density at radius 2 is 1.71 bits per heavy atom. The van der Waals surface area contributed by atoms with Gasteiger partial charge in [-0.05, 0) is 38.0 Å². The van der Waals surface area contributed by atoms with E-state index in [9.17, 15) is 24.9 Å². The molecule has 5 aliphatic rings. The first-order valence-corrected chi connectivity index (χ1v) is 9.46. The van der Waals surface area contributed by atoms with Gasteiger partial charge >= 0.3 is 5.97 Å². The molecule has 10 atom stereocenters. The third-order valence-electron chi connectivity index (χ3n) is 8.53. The van der Waals surface area contributed by atoms with Crippen LogP contribution in [0.2, 0.25) is 0 Å². The smallest absolute Gasteiger partial charge is 0.310 e. The number of ketones is 1. The highest BCUT2D eigenvalue weighted by molar-refractivity contribution is 5.93. The maximum Gasteiger partial charge on any atom is 0.310 e. The Hall–Kier alpha value is -1.10. The summed E-state index contributed by atoms with van der Waals surface area (Å²) in [7, 11) is 0. The van der Waals surface area contributed by atoms with Gasteiger partial charge in [0.2, 0.25) is 0 Å². The summed E-state index contributed by atoms with van der Waals surface area (Å²) in [6, 6.07) is 0. The summed E-state index contributed by atoms with van der Waals surface area (Å²) in [6.07, 6.45) is 1.36. The molecule has 0 aromatic rings. The molecule has 0 aromatic heterocycles. The molecule has 0 radical (unpaired) electrons. The Balaban J connectivity index is 0.000000934. The molecule has 0 amide bonds. The molecule has 1 spiro atoms. The van der Waals surface area contributed by atoms with Crippen molar-refractivity contribution in [2.45, 2.75) is 56.8 Å². The number of hydrogen-bond donors (Lipinski definition) is 3. The third-order valence-corrected chi connectivity index (χ3v) is 8.53. The van der Waals surface area contributed by atoms with Gasteiger partial charge in [-0.3, -0.25) is 9.59 Å². The minimum Gasteiger partial charge on any atom is -0.462 e. The summed E-state index contributed by atoms with van der Waals surface area (Å²) in [4.78, 5) is 26.0. The quantitative estimate of drug-likeness (QED) is 0.436. The van der Waals surface area contributed by atoms with E-state index in [2.05, 4.69) is 0 Å². The molecule has 5 fully saturated rings. The molecule has 0 unspecified atom stereocenters. The predicted molar refractivity (Wildman–Crippen MR) is 95.9 cm³/mol. The van der Waals surface area contributed by atoms with Gasteiger partial charge in [-0.1, -0.05) is 6.92 Å². The molecular weight excluding hydrogens is 372 g/mol. The zero-order valence-electron chi connectivity index (χ0n) is 16.1. The fourth-order valence-corrected chi connectivity index (χ4v) is 7.46. The Morgan fingerprint density at radius 1 is 1.07 bits per heavy atom. The number of carbonyl (C=O) groups is 2. The van der Waals surface area contributed by atoms with Gasteiger partial charge in [-0.25, -0.2) is 0 Å². The molecule has 1 heterocycles. The highest BCUT2D eigenvalue weighted by Crippen LogP contribution is 2.76. The Kier molecular flexibility index (Phi) is 5.34. The molecule has 4 saturated carbocycles. The van der Waals surface area contributed by atoms with Gasteiger partial charge in [0.15, 0.2) is 0 Å². The number of Topliss-reactive ketones (excluding diaryl/α,β-unsaturated/α-hetero) is 1. The molecule has 28 heavy (non-hydrogen) atoms. The first kappa shape index (κ1) is 23.2. The largest absolute Gasteiger partial charge is 0.462 e. The Labute approximate surface area is 163 Å². The van der Waals surface area contributed by atoms with Crippen molar-refractivity contribution < 1.29 is 46.1 Å². The van der Waals surface area contributed by atoms with Crippen LogP contribution in [0, 0.1) is 40.9 Å². The fourth-order valence-electron chi connectivity index (χ4n) is 7.46. The molecule has 5 rings (SSSR count). The van der Waals surface area contributed by atoms with Crippen molar-refractivity contribution in [1.82, 2.24) is 0 Å². The van der Waals surface area contributed by atoms with E-state index in [4.69, 9.17) is 4.74 Å². The Bertz CT molecular complexity index is 678. The van der Waals surface area contributed by atoms with Crippen LogP contribution in [0.1, 0.15) is 39.5 Å². The fraction of sp³-hybridized carbons (Fsp3) is 0.895. The number of esters is 1. The van der Waals surface area contributed by atoms with Crippen molar-refractivity contribution in [3.05, 3.63) is 0 Å². The third kappa shape index (κ3) is 2.23. The van der Waals surface area contributed by atoms with Crippen molar-refractivity contribution >= 4 is 11.8 Å². The summed E-state index contributed by atoms with van der Waals surface area (Å²) < 4.78 is 5.59. The normalized spacial score (nSPS) is 53.3. The standard InChI is InChI=1S/C19H26O6.3H2O/c1-8(7-20)9-3-18(24)5-10-15(21)13-12-11(6-17(13,2)23)25-16(22)14(12)19(10,18)4-9;;;/h8-14,20,23-24H,3-7H2,1-2H3;3*1H2/t8-,9-,10-,11-,12-,13+,14+,17+,18+,19+;;;/m0.../s1. The molecule has 162 valence electrons. The molecule has 9 N–H and O–H groups in total. The van der Waals surface area contributed by atoms with Crippen LogP contribution in [-0.4, -0.2) is 67.4 Å². The van der Waals surface area contributed by atoms with E-state index in [-0.39, 0.29) is 58.5 Å². The zero-order chi connectivity index (χ0) is 17.9. The van der Waals surface area contributed by atoms with Gasteiger partial charge in [-0.15, -0.1) is 0 Å². The average molecular weight is 404 g/mol. The SMILES string of the molecule is C[C@@H](CO)[C@H]1C[C@@]2(O)C[C@H]3C(=O)[C@H]4[C@@H]5[C@H](C[C@@]4(C)O)OC(=O)[C@@H]5[C@@]32C1.O.O.O. The summed E-state index contributed by atoms with van der Waals surface area (Å²) in [6.45, 7) is 3.66.